The number of fused-ring (bicyclic) bond motifs is 2. The Morgan fingerprint density at radius 2 is 1.93 bits per heavy atom. The first kappa shape index (κ1) is 17.2. The summed E-state index contributed by atoms with van der Waals surface area (Å²) < 4.78 is 0. The van der Waals surface area contributed by atoms with Crippen molar-refractivity contribution in [3.63, 3.8) is 0 Å². The van der Waals surface area contributed by atoms with Gasteiger partial charge in [-0.2, -0.15) is 0 Å². The Morgan fingerprint density at radius 3 is 2.78 bits per heavy atom. The van der Waals surface area contributed by atoms with Crippen molar-refractivity contribution in [2.45, 2.75) is 16.5 Å². The molecule has 3 heterocycles. The van der Waals surface area contributed by atoms with E-state index >= 15 is 0 Å². The normalized spacial score (nSPS) is 12.7. The van der Waals surface area contributed by atoms with Crippen LogP contribution in [0.15, 0.2) is 77.0 Å². The molecule has 3 aromatic rings. The molecule has 1 aliphatic heterocycles. The fourth-order valence-corrected chi connectivity index (χ4v) is 3.83. The second-order valence-corrected chi connectivity index (χ2v) is 6.99. The van der Waals surface area contributed by atoms with Crippen molar-refractivity contribution in [3.8, 4) is 0 Å². The summed E-state index contributed by atoms with van der Waals surface area (Å²) in [4.78, 5) is 36.4. The van der Waals surface area contributed by atoms with E-state index in [0.29, 0.717) is 22.8 Å². The lowest BCUT2D eigenvalue weighted by Crippen LogP contribution is -2.40. The molecule has 0 saturated carbocycles. The molecule has 0 aliphatic carbocycles. The average Bonchev–Trinajstić information content (AvgIpc) is 2.82. The van der Waals surface area contributed by atoms with Gasteiger partial charge in [0.15, 0.2) is 0 Å². The Labute approximate surface area is 160 Å². The second kappa shape index (κ2) is 7.59. The van der Waals surface area contributed by atoms with E-state index in [9.17, 15) is 9.59 Å². The van der Waals surface area contributed by atoms with Gasteiger partial charge in [0, 0.05) is 30.0 Å². The van der Waals surface area contributed by atoms with Crippen molar-refractivity contribution < 1.29 is 9.59 Å². The van der Waals surface area contributed by atoms with Gasteiger partial charge < -0.3 is 5.32 Å². The van der Waals surface area contributed by atoms with Gasteiger partial charge >= 0.3 is 0 Å². The molecule has 2 aromatic heterocycles. The maximum atomic E-state index is 13.1. The molecule has 1 aromatic carbocycles. The molecule has 0 radical (unpaired) electrons. The molecule has 1 N–H and O–H groups in total. The molecule has 7 heteroatoms. The zero-order chi connectivity index (χ0) is 18.6. The molecule has 1 aliphatic rings. The number of benzene rings is 1. The highest BCUT2D eigenvalue weighted by Gasteiger charge is 2.29. The van der Waals surface area contributed by atoms with E-state index in [1.807, 2.05) is 36.4 Å². The van der Waals surface area contributed by atoms with Gasteiger partial charge in [0.1, 0.15) is 11.6 Å². The van der Waals surface area contributed by atoms with E-state index in [1.165, 1.54) is 16.7 Å². The van der Waals surface area contributed by atoms with E-state index in [2.05, 4.69) is 15.3 Å². The van der Waals surface area contributed by atoms with Crippen LogP contribution in [0, 0.1) is 0 Å². The Balaban J connectivity index is 1.59. The number of carbonyl (C=O) groups excluding carboxylic acids is 2. The zero-order valence-electron chi connectivity index (χ0n) is 14.3. The summed E-state index contributed by atoms with van der Waals surface area (Å²) in [6.07, 6.45) is 5.06. The first-order chi connectivity index (χ1) is 13.2. The van der Waals surface area contributed by atoms with Gasteiger partial charge in [-0.15, -0.1) is 0 Å². The van der Waals surface area contributed by atoms with Crippen molar-refractivity contribution in [2.75, 3.05) is 11.4 Å². The van der Waals surface area contributed by atoms with Crippen LogP contribution in [0.2, 0.25) is 0 Å². The number of anilines is 1. The Bertz CT molecular complexity index is 994. The molecule has 4 rings (SSSR count). The second-order valence-electron chi connectivity index (χ2n) is 5.96. The lowest BCUT2D eigenvalue weighted by Gasteiger charge is -2.21. The van der Waals surface area contributed by atoms with E-state index in [1.54, 1.807) is 30.7 Å². The lowest BCUT2D eigenvalue weighted by molar-refractivity contribution is -0.119. The van der Waals surface area contributed by atoms with Gasteiger partial charge in [0.25, 0.3) is 5.91 Å². The van der Waals surface area contributed by atoms with Crippen LogP contribution in [0.4, 0.5) is 5.69 Å². The summed E-state index contributed by atoms with van der Waals surface area (Å²) >= 11 is 1.43. The minimum absolute atomic E-state index is 0.0767. The third-order valence-electron chi connectivity index (χ3n) is 4.13. The Kier molecular flexibility index (Phi) is 4.84. The third kappa shape index (κ3) is 3.68. The number of rotatable bonds is 4. The number of aromatic nitrogens is 2. The number of nitrogens with zero attached hydrogens (tertiary/aromatic N) is 3. The standard InChI is InChI=1S/C20H16N4O2S/c25-18(23-12-14-5-3-9-21-11-14)13-24-16-7-4-10-22-19(16)27-17-8-2-1-6-15(17)20(24)26/h1-11H,12-13H2,(H,23,25). The van der Waals surface area contributed by atoms with Crippen LogP contribution < -0.4 is 10.2 Å². The van der Waals surface area contributed by atoms with E-state index in [0.717, 1.165) is 10.5 Å². The topological polar surface area (TPSA) is 75.2 Å². The number of carbonyl (C=O) groups is 2. The molecular weight excluding hydrogens is 360 g/mol. The molecule has 0 atom stereocenters. The number of pyridine rings is 2. The predicted molar refractivity (Wildman–Crippen MR) is 103 cm³/mol. The largest absolute Gasteiger partial charge is 0.350 e. The molecule has 6 nitrogen and oxygen atoms in total. The summed E-state index contributed by atoms with van der Waals surface area (Å²) in [5, 5.41) is 3.55. The van der Waals surface area contributed by atoms with E-state index in [-0.39, 0.29) is 18.4 Å². The molecule has 0 spiro atoms. The monoisotopic (exact) mass is 376 g/mol. The molecular formula is C20H16N4O2S. The summed E-state index contributed by atoms with van der Waals surface area (Å²) in [5.74, 6) is -0.451. The number of hydrogen-bond donors (Lipinski definition) is 1. The molecule has 0 bridgehead atoms. The Morgan fingerprint density at radius 1 is 1.07 bits per heavy atom. The third-order valence-corrected chi connectivity index (χ3v) is 5.21. The smallest absolute Gasteiger partial charge is 0.259 e. The molecule has 0 saturated heterocycles. The van der Waals surface area contributed by atoms with Crippen LogP contribution in [0.25, 0.3) is 0 Å². The quantitative estimate of drug-likeness (QED) is 0.758. The first-order valence-corrected chi connectivity index (χ1v) is 9.23. The van der Waals surface area contributed by atoms with Crippen molar-refractivity contribution >= 4 is 29.3 Å². The van der Waals surface area contributed by atoms with Gasteiger partial charge in [0.2, 0.25) is 5.91 Å². The highest BCUT2D eigenvalue weighted by atomic mass is 32.2. The van der Waals surface area contributed by atoms with Crippen molar-refractivity contribution in [1.29, 1.82) is 0 Å². The van der Waals surface area contributed by atoms with Gasteiger partial charge in [-0.05, 0) is 35.9 Å². The summed E-state index contributed by atoms with van der Waals surface area (Å²) in [5.41, 5.74) is 2.11. The minimum atomic E-state index is -0.244. The molecule has 27 heavy (non-hydrogen) atoms. The number of amides is 2. The van der Waals surface area contributed by atoms with Crippen LogP contribution in [0.1, 0.15) is 15.9 Å². The van der Waals surface area contributed by atoms with Gasteiger partial charge in [-0.3, -0.25) is 19.5 Å². The van der Waals surface area contributed by atoms with Crippen LogP contribution in [0.5, 0.6) is 0 Å². The fraction of sp³-hybridized carbons (Fsp3) is 0.100. The number of nitrogens with one attached hydrogen (secondary N) is 1. The Hall–Kier alpha value is -3.19. The maximum absolute atomic E-state index is 13.1. The molecule has 134 valence electrons. The SMILES string of the molecule is O=C(CN1C(=O)c2ccccc2Sc2ncccc21)NCc1cccnc1. The van der Waals surface area contributed by atoms with Crippen LogP contribution in [-0.4, -0.2) is 28.3 Å². The lowest BCUT2D eigenvalue weighted by atomic mass is 10.2. The van der Waals surface area contributed by atoms with Gasteiger partial charge in [0.05, 0.1) is 11.3 Å². The highest BCUT2D eigenvalue weighted by molar-refractivity contribution is 7.99. The number of hydrogen-bond acceptors (Lipinski definition) is 5. The van der Waals surface area contributed by atoms with Crippen molar-refractivity contribution in [2.24, 2.45) is 0 Å². The summed E-state index contributed by atoms with van der Waals surface area (Å²) in [7, 11) is 0. The fourth-order valence-electron chi connectivity index (χ4n) is 2.82. The highest BCUT2D eigenvalue weighted by Crippen LogP contribution is 2.39. The van der Waals surface area contributed by atoms with E-state index < -0.39 is 0 Å². The molecule has 0 fully saturated rings. The zero-order valence-corrected chi connectivity index (χ0v) is 15.1. The van der Waals surface area contributed by atoms with Crippen molar-refractivity contribution in [1.82, 2.24) is 15.3 Å². The van der Waals surface area contributed by atoms with Gasteiger partial charge in [-0.1, -0.05) is 30.0 Å². The molecule has 2 amide bonds. The maximum Gasteiger partial charge on any atom is 0.259 e. The van der Waals surface area contributed by atoms with Crippen LogP contribution in [0.3, 0.4) is 0 Å². The van der Waals surface area contributed by atoms with E-state index in [4.69, 9.17) is 0 Å². The minimum Gasteiger partial charge on any atom is -0.350 e. The summed E-state index contributed by atoms with van der Waals surface area (Å²) in [6, 6.07) is 14.7. The summed E-state index contributed by atoms with van der Waals surface area (Å²) in [6.45, 7) is 0.284. The predicted octanol–water partition coefficient (Wildman–Crippen LogP) is 2.90. The molecule has 0 unspecified atom stereocenters. The average molecular weight is 376 g/mol. The van der Waals surface area contributed by atoms with Crippen LogP contribution in [-0.2, 0) is 11.3 Å². The van der Waals surface area contributed by atoms with Gasteiger partial charge in [-0.25, -0.2) is 4.98 Å². The van der Waals surface area contributed by atoms with Crippen molar-refractivity contribution in [3.05, 3.63) is 78.2 Å². The van der Waals surface area contributed by atoms with Crippen LogP contribution >= 0.6 is 11.8 Å². The first-order valence-electron chi connectivity index (χ1n) is 8.42.